The van der Waals surface area contributed by atoms with Gasteiger partial charge in [0.25, 0.3) is 0 Å². The van der Waals surface area contributed by atoms with Crippen LogP contribution in [-0.4, -0.2) is 14.9 Å². The third-order valence-corrected chi connectivity index (χ3v) is 8.57. The summed E-state index contributed by atoms with van der Waals surface area (Å²) in [6.07, 6.45) is 7.94. The number of ether oxygens (including phenoxy) is 1. The first-order valence-electron chi connectivity index (χ1n) is 8.27. The van der Waals surface area contributed by atoms with Crippen molar-refractivity contribution in [2.75, 3.05) is 6.61 Å². The smallest absolute Gasteiger partial charge is 1.00 e. The number of allylic oxidation sites excluding steroid dienone is 3. The number of benzene rings is 1. The van der Waals surface area contributed by atoms with Gasteiger partial charge in [-0.05, 0) is 0 Å². The molecule has 0 aliphatic heterocycles. The van der Waals surface area contributed by atoms with Crippen LogP contribution in [0.15, 0.2) is 51.2 Å². The third kappa shape index (κ3) is 5.60. The van der Waals surface area contributed by atoms with Crippen LogP contribution >= 0.6 is 0 Å². The van der Waals surface area contributed by atoms with Gasteiger partial charge in [-0.15, -0.1) is 0 Å². The van der Waals surface area contributed by atoms with E-state index in [1.165, 1.54) is 14.4 Å². The van der Waals surface area contributed by atoms with Gasteiger partial charge in [-0.25, -0.2) is 0 Å². The molecule has 1 unspecified atom stereocenters. The normalized spacial score (nSPS) is 17.9. The molecular weight excluding hydrogens is 450 g/mol. The molecule has 0 saturated heterocycles. The van der Waals surface area contributed by atoms with Crippen LogP contribution < -0.4 is 24.8 Å². The van der Waals surface area contributed by atoms with Crippen LogP contribution in [0.5, 0.6) is 0 Å². The van der Waals surface area contributed by atoms with E-state index in [4.69, 9.17) is 9.16 Å². The summed E-state index contributed by atoms with van der Waals surface area (Å²) in [6, 6.07) is 8.78. The molecular formula is C19H24Cl2O2SiZr. The molecule has 0 fully saturated rings. The van der Waals surface area contributed by atoms with E-state index in [1.54, 1.807) is 0 Å². The van der Waals surface area contributed by atoms with Crippen molar-refractivity contribution < 1.29 is 57.2 Å². The van der Waals surface area contributed by atoms with Crippen molar-refractivity contribution in [2.45, 2.75) is 36.6 Å². The summed E-state index contributed by atoms with van der Waals surface area (Å²) in [7, 11) is -1.60. The van der Waals surface area contributed by atoms with Gasteiger partial charge in [-0.2, -0.15) is 0 Å². The van der Waals surface area contributed by atoms with Gasteiger partial charge >= 0.3 is 152 Å². The molecule has 0 N–H and O–H groups in total. The molecule has 0 radical (unpaired) electrons. The fourth-order valence-corrected chi connectivity index (χ4v) is 7.54. The van der Waals surface area contributed by atoms with Crippen LogP contribution in [-0.2, 0) is 32.4 Å². The van der Waals surface area contributed by atoms with Gasteiger partial charge in [0.2, 0.25) is 0 Å². The van der Waals surface area contributed by atoms with Crippen LogP contribution in [0.1, 0.15) is 28.1 Å². The maximum absolute atomic E-state index is 6.25. The van der Waals surface area contributed by atoms with Crippen LogP contribution in [0.4, 0.5) is 0 Å². The molecule has 2 nitrogen and oxygen atoms in total. The van der Waals surface area contributed by atoms with E-state index in [1.807, 2.05) is 0 Å². The number of rotatable bonds is 6. The van der Waals surface area contributed by atoms with E-state index < -0.39 is 31.6 Å². The van der Waals surface area contributed by atoms with E-state index in [2.05, 4.69) is 69.1 Å². The second kappa shape index (κ2) is 9.60. The summed E-state index contributed by atoms with van der Waals surface area (Å²) in [5.74, 6) is 2.08. The standard InChI is InChI=1S/C10H17O2Si.C9H7.2ClH.Zr/c1-5-11-9-7-6-8-10(9)12-13(2,3)4;1-2-5-9-7-3-6-8(9)4-1;;;/h8H,5-6H2,1-4H3;1-7H;2*1H;/q;;;;+2/p-2. The number of hydrogen-bond donors (Lipinski definition) is 0. The monoisotopic (exact) mass is 472 g/mol. The molecule has 0 amide bonds. The molecule has 25 heavy (non-hydrogen) atoms. The van der Waals surface area contributed by atoms with Gasteiger partial charge in [0, 0.05) is 0 Å². The molecule has 0 heterocycles. The Morgan fingerprint density at radius 1 is 1.16 bits per heavy atom. The molecule has 2 aliphatic rings. The predicted molar refractivity (Wildman–Crippen MR) is 94.0 cm³/mol. The predicted octanol–water partition coefficient (Wildman–Crippen LogP) is -0.768. The molecule has 6 heteroatoms. The quantitative estimate of drug-likeness (QED) is 0.505. The number of halogens is 2. The minimum absolute atomic E-state index is 0. The van der Waals surface area contributed by atoms with Crippen molar-refractivity contribution in [3.63, 3.8) is 0 Å². The van der Waals surface area contributed by atoms with Gasteiger partial charge in [0.05, 0.1) is 0 Å². The summed E-state index contributed by atoms with van der Waals surface area (Å²) in [5, 5.41) is 0. The Bertz CT molecular complexity index is 693. The number of hydrogen-bond acceptors (Lipinski definition) is 2. The Hall–Kier alpha value is -0.280. The van der Waals surface area contributed by atoms with Crippen LogP contribution in [0.25, 0.3) is 6.08 Å². The second-order valence-corrected chi connectivity index (χ2v) is 15.0. The van der Waals surface area contributed by atoms with E-state index in [-0.39, 0.29) is 24.8 Å². The molecule has 2 aliphatic carbocycles. The average molecular weight is 475 g/mol. The molecule has 134 valence electrons. The molecule has 1 aromatic rings. The molecule has 1 aromatic carbocycles. The number of fused-ring (bicyclic) bond motifs is 1. The van der Waals surface area contributed by atoms with Crippen LogP contribution in [0.2, 0.25) is 19.6 Å². The zero-order chi connectivity index (χ0) is 16.4. The fourth-order valence-electron chi connectivity index (χ4n) is 2.94. The summed E-state index contributed by atoms with van der Waals surface area (Å²) < 4.78 is 14.4. The minimum Gasteiger partial charge on any atom is -1.00 e. The van der Waals surface area contributed by atoms with E-state index >= 15 is 0 Å². The summed E-state index contributed by atoms with van der Waals surface area (Å²) in [4.78, 5) is 0. The topological polar surface area (TPSA) is 18.5 Å². The Morgan fingerprint density at radius 3 is 2.56 bits per heavy atom. The van der Waals surface area contributed by atoms with Crippen molar-refractivity contribution in [1.82, 2.24) is 0 Å². The maximum atomic E-state index is 6.25. The zero-order valence-electron chi connectivity index (χ0n) is 15.1. The molecule has 1 atom stereocenters. The second-order valence-electron chi connectivity index (χ2n) is 6.84. The Balaban J connectivity index is 0.00000156. The van der Waals surface area contributed by atoms with E-state index in [0.29, 0.717) is 10.2 Å². The van der Waals surface area contributed by atoms with Crippen molar-refractivity contribution in [1.29, 1.82) is 0 Å². The van der Waals surface area contributed by atoms with Crippen molar-refractivity contribution >= 4 is 14.4 Å². The van der Waals surface area contributed by atoms with Gasteiger partial charge in [-0.1, -0.05) is 0 Å². The van der Waals surface area contributed by atoms with E-state index in [0.717, 1.165) is 17.9 Å². The molecule has 0 saturated carbocycles. The van der Waals surface area contributed by atoms with Crippen molar-refractivity contribution in [3.05, 3.63) is 62.3 Å². The maximum Gasteiger partial charge on any atom is -1.00 e. The molecule has 3 rings (SSSR count). The molecule has 0 bridgehead atoms. The van der Waals surface area contributed by atoms with Gasteiger partial charge in [0.15, 0.2) is 0 Å². The van der Waals surface area contributed by atoms with Crippen molar-refractivity contribution in [2.24, 2.45) is 0 Å². The summed E-state index contributed by atoms with van der Waals surface area (Å²) in [5.41, 5.74) is 2.89. The fraction of sp³-hybridized carbons (Fsp3) is 0.368. The third-order valence-electron chi connectivity index (χ3n) is 3.82. The summed E-state index contributed by atoms with van der Waals surface area (Å²) >= 11 is -0.773. The average Bonchev–Trinajstić information content (AvgIpc) is 3.05. The van der Waals surface area contributed by atoms with E-state index in [9.17, 15) is 0 Å². The molecule has 0 aromatic heterocycles. The SMILES string of the molecule is CCOC1=[C]([Zr+2][CH]2C=Cc3ccccc32)CC=C1O[Si](C)(C)C.[Cl-].[Cl-]. The Kier molecular flexibility index (Phi) is 8.74. The van der Waals surface area contributed by atoms with Gasteiger partial charge in [0.1, 0.15) is 0 Å². The van der Waals surface area contributed by atoms with Crippen molar-refractivity contribution in [3.8, 4) is 0 Å². The zero-order valence-corrected chi connectivity index (χ0v) is 20.1. The first-order chi connectivity index (χ1) is 11.0. The minimum atomic E-state index is -1.60. The molecule has 0 spiro atoms. The van der Waals surface area contributed by atoms with Crippen LogP contribution in [0, 0.1) is 0 Å². The summed E-state index contributed by atoms with van der Waals surface area (Å²) in [6.45, 7) is 9.45. The largest absolute Gasteiger partial charge is 1.00 e. The van der Waals surface area contributed by atoms with Crippen LogP contribution in [0.3, 0.4) is 0 Å². The van der Waals surface area contributed by atoms with Gasteiger partial charge in [-0.3, -0.25) is 0 Å². The first-order valence-corrected chi connectivity index (χ1v) is 14.3. The Morgan fingerprint density at radius 2 is 1.88 bits per heavy atom. The van der Waals surface area contributed by atoms with Gasteiger partial charge < -0.3 is 24.8 Å². The Labute approximate surface area is 176 Å². The first kappa shape index (κ1) is 22.8.